The molecule has 0 bridgehead atoms. The van der Waals surface area contributed by atoms with E-state index in [1.165, 1.54) is 6.07 Å². The van der Waals surface area contributed by atoms with Crippen LogP contribution in [0.15, 0.2) is 24.8 Å². The van der Waals surface area contributed by atoms with Crippen molar-refractivity contribution in [2.24, 2.45) is 0 Å². The first-order chi connectivity index (χ1) is 5.65. The lowest BCUT2D eigenvalue weighted by Gasteiger charge is -2.06. The lowest BCUT2D eigenvalue weighted by Crippen LogP contribution is -1.98. The predicted molar refractivity (Wildman–Crippen MR) is 50.8 cm³/mol. The van der Waals surface area contributed by atoms with Crippen molar-refractivity contribution >= 4 is 11.4 Å². The van der Waals surface area contributed by atoms with Gasteiger partial charge in [0.05, 0.1) is 11.4 Å². The van der Waals surface area contributed by atoms with Crippen molar-refractivity contribution in [2.45, 2.75) is 6.42 Å². The number of hydrogen-bond donors (Lipinski definition) is 3. The number of hydrogen-bond acceptors (Lipinski definition) is 3. The van der Waals surface area contributed by atoms with E-state index >= 15 is 0 Å². The summed E-state index contributed by atoms with van der Waals surface area (Å²) in [6.07, 6.45) is 2.33. The Morgan fingerprint density at radius 2 is 2.08 bits per heavy atom. The van der Waals surface area contributed by atoms with Crippen molar-refractivity contribution in [2.75, 3.05) is 11.5 Å². The van der Waals surface area contributed by atoms with Gasteiger partial charge in [-0.15, -0.1) is 6.58 Å². The maximum absolute atomic E-state index is 9.18. The fourth-order valence-electron chi connectivity index (χ4n) is 1.04. The second-order valence-electron chi connectivity index (χ2n) is 2.60. The molecule has 1 aromatic rings. The molecule has 0 aromatic heterocycles. The molecule has 0 fully saturated rings. The van der Waals surface area contributed by atoms with Crippen LogP contribution in [0.1, 0.15) is 5.56 Å². The summed E-state index contributed by atoms with van der Waals surface area (Å²) < 4.78 is 0. The second-order valence-corrected chi connectivity index (χ2v) is 2.60. The number of phenols is 1. The standard InChI is InChI=1S/C9H12N2O/c1-2-3-6-4-7(12)5-8(10)9(6)11/h2,4-5,12H,1,3,10-11H2. The van der Waals surface area contributed by atoms with Crippen molar-refractivity contribution in [3.05, 3.63) is 30.4 Å². The van der Waals surface area contributed by atoms with Crippen LogP contribution in [0, 0.1) is 0 Å². The summed E-state index contributed by atoms with van der Waals surface area (Å²) in [5.41, 5.74) is 12.9. The van der Waals surface area contributed by atoms with E-state index in [-0.39, 0.29) is 5.75 Å². The Balaban J connectivity index is 3.17. The molecule has 0 unspecified atom stereocenters. The van der Waals surface area contributed by atoms with Crippen LogP contribution in [0.2, 0.25) is 0 Å². The predicted octanol–water partition coefficient (Wildman–Crippen LogP) is 1.29. The number of benzene rings is 1. The summed E-state index contributed by atoms with van der Waals surface area (Å²) in [5.74, 6) is 0.138. The Bertz CT molecular complexity index is 308. The average molecular weight is 164 g/mol. The Kier molecular flexibility index (Phi) is 2.24. The Morgan fingerprint density at radius 1 is 1.42 bits per heavy atom. The molecule has 0 radical (unpaired) electrons. The number of nitrogen functional groups attached to an aromatic ring is 2. The van der Waals surface area contributed by atoms with Crippen LogP contribution in [-0.2, 0) is 6.42 Å². The molecule has 1 aromatic carbocycles. The van der Waals surface area contributed by atoms with Gasteiger partial charge in [-0.2, -0.15) is 0 Å². The molecule has 0 saturated heterocycles. The summed E-state index contributed by atoms with van der Waals surface area (Å²) >= 11 is 0. The number of allylic oxidation sites excluding steroid dienone is 1. The molecule has 0 aliphatic heterocycles. The summed E-state index contributed by atoms with van der Waals surface area (Å²) in [5, 5.41) is 9.18. The van der Waals surface area contributed by atoms with Gasteiger partial charge in [0.1, 0.15) is 5.75 Å². The molecule has 5 N–H and O–H groups in total. The van der Waals surface area contributed by atoms with Gasteiger partial charge in [0, 0.05) is 6.07 Å². The molecule has 64 valence electrons. The van der Waals surface area contributed by atoms with Crippen molar-refractivity contribution in [1.29, 1.82) is 0 Å². The molecule has 0 aliphatic rings. The van der Waals surface area contributed by atoms with E-state index in [9.17, 15) is 5.11 Å². The van der Waals surface area contributed by atoms with Gasteiger partial charge in [-0.05, 0) is 18.1 Å². The van der Waals surface area contributed by atoms with Gasteiger partial charge < -0.3 is 16.6 Å². The van der Waals surface area contributed by atoms with Crippen LogP contribution in [0.25, 0.3) is 0 Å². The first-order valence-electron chi connectivity index (χ1n) is 3.63. The first-order valence-corrected chi connectivity index (χ1v) is 3.63. The molecular weight excluding hydrogens is 152 g/mol. The van der Waals surface area contributed by atoms with Crippen LogP contribution < -0.4 is 11.5 Å². The SMILES string of the molecule is C=CCc1cc(O)cc(N)c1N. The topological polar surface area (TPSA) is 72.3 Å². The molecule has 0 atom stereocenters. The van der Waals surface area contributed by atoms with Crippen molar-refractivity contribution in [3.8, 4) is 5.75 Å². The molecule has 12 heavy (non-hydrogen) atoms. The highest BCUT2D eigenvalue weighted by atomic mass is 16.3. The Labute approximate surface area is 71.3 Å². The van der Waals surface area contributed by atoms with E-state index in [2.05, 4.69) is 6.58 Å². The maximum atomic E-state index is 9.18. The zero-order valence-corrected chi connectivity index (χ0v) is 6.75. The van der Waals surface area contributed by atoms with Gasteiger partial charge >= 0.3 is 0 Å². The van der Waals surface area contributed by atoms with E-state index in [0.29, 0.717) is 17.8 Å². The number of anilines is 2. The van der Waals surface area contributed by atoms with E-state index in [1.54, 1.807) is 12.1 Å². The smallest absolute Gasteiger partial charge is 0.118 e. The number of aromatic hydroxyl groups is 1. The number of nitrogens with two attached hydrogens (primary N) is 2. The highest BCUT2D eigenvalue weighted by Crippen LogP contribution is 2.26. The molecule has 0 spiro atoms. The second kappa shape index (κ2) is 3.17. The minimum atomic E-state index is 0.138. The third-order valence-corrected chi connectivity index (χ3v) is 1.65. The highest BCUT2D eigenvalue weighted by Gasteiger charge is 2.03. The van der Waals surface area contributed by atoms with Crippen LogP contribution in [0.4, 0.5) is 11.4 Å². The summed E-state index contributed by atoms with van der Waals surface area (Å²) in [4.78, 5) is 0. The van der Waals surface area contributed by atoms with E-state index in [4.69, 9.17) is 11.5 Å². The lowest BCUT2D eigenvalue weighted by molar-refractivity contribution is 0.475. The Morgan fingerprint density at radius 3 is 2.67 bits per heavy atom. The van der Waals surface area contributed by atoms with Gasteiger partial charge in [-0.1, -0.05) is 6.08 Å². The molecule has 0 aliphatic carbocycles. The number of phenolic OH excluding ortho intramolecular Hbond substituents is 1. The molecular formula is C9H12N2O. The fourth-order valence-corrected chi connectivity index (χ4v) is 1.04. The fraction of sp³-hybridized carbons (Fsp3) is 0.111. The van der Waals surface area contributed by atoms with Crippen LogP contribution in [0.3, 0.4) is 0 Å². The number of rotatable bonds is 2. The van der Waals surface area contributed by atoms with Crippen molar-refractivity contribution < 1.29 is 5.11 Å². The normalized spacial score (nSPS) is 9.67. The van der Waals surface area contributed by atoms with Gasteiger partial charge in [-0.25, -0.2) is 0 Å². The molecule has 0 amide bonds. The van der Waals surface area contributed by atoms with Crippen LogP contribution in [0.5, 0.6) is 5.75 Å². The largest absolute Gasteiger partial charge is 0.508 e. The summed E-state index contributed by atoms with van der Waals surface area (Å²) in [6, 6.07) is 3.02. The minimum absolute atomic E-state index is 0.138. The highest BCUT2D eigenvalue weighted by molar-refractivity contribution is 5.69. The third-order valence-electron chi connectivity index (χ3n) is 1.65. The summed E-state index contributed by atoms with van der Waals surface area (Å²) in [7, 11) is 0. The average Bonchev–Trinajstić information content (AvgIpc) is 2.00. The minimum Gasteiger partial charge on any atom is -0.508 e. The molecule has 3 nitrogen and oxygen atoms in total. The van der Waals surface area contributed by atoms with Crippen molar-refractivity contribution in [3.63, 3.8) is 0 Å². The zero-order chi connectivity index (χ0) is 9.14. The van der Waals surface area contributed by atoms with E-state index in [0.717, 1.165) is 5.56 Å². The van der Waals surface area contributed by atoms with Gasteiger partial charge in [0.15, 0.2) is 0 Å². The van der Waals surface area contributed by atoms with Gasteiger partial charge in [0.2, 0.25) is 0 Å². The molecule has 1 rings (SSSR count). The van der Waals surface area contributed by atoms with E-state index in [1.807, 2.05) is 0 Å². The van der Waals surface area contributed by atoms with Crippen LogP contribution in [-0.4, -0.2) is 5.11 Å². The van der Waals surface area contributed by atoms with Crippen molar-refractivity contribution in [1.82, 2.24) is 0 Å². The first kappa shape index (κ1) is 8.46. The quantitative estimate of drug-likeness (QED) is 0.350. The maximum Gasteiger partial charge on any atom is 0.118 e. The molecule has 0 heterocycles. The van der Waals surface area contributed by atoms with Gasteiger partial charge in [-0.3, -0.25) is 0 Å². The lowest BCUT2D eigenvalue weighted by atomic mass is 10.1. The summed E-state index contributed by atoms with van der Waals surface area (Å²) in [6.45, 7) is 3.58. The zero-order valence-electron chi connectivity index (χ0n) is 6.75. The van der Waals surface area contributed by atoms with E-state index < -0.39 is 0 Å². The third kappa shape index (κ3) is 1.50. The molecule has 0 saturated carbocycles. The Hall–Kier alpha value is -1.64. The molecule has 3 heteroatoms. The monoisotopic (exact) mass is 164 g/mol. The van der Waals surface area contributed by atoms with Gasteiger partial charge in [0.25, 0.3) is 0 Å². The van der Waals surface area contributed by atoms with Crippen LogP contribution >= 0.6 is 0 Å².